The van der Waals surface area contributed by atoms with Crippen molar-refractivity contribution < 1.29 is 14.7 Å². The van der Waals surface area contributed by atoms with Gasteiger partial charge in [0.15, 0.2) is 5.78 Å². The number of hydrogen-bond acceptors (Lipinski definition) is 2. The van der Waals surface area contributed by atoms with Gasteiger partial charge in [-0.15, -0.1) is 0 Å². The van der Waals surface area contributed by atoms with E-state index in [2.05, 4.69) is 0 Å². The highest BCUT2D eigenvalue weighted by atomic mass is 16.4. The standard InChI is InChI=1S/C15H15NO3/c1-10-4-3-5-12(6-10)8-16-9-13(11(2)17)7-14(16)15(18)19/h3-7,9H,8H2,1-2H3,(H,18,19). The van der Waals surface area contributed by atoms with Crippen molar-refractivity contribution in [3.8, 4) is 0 Å². The first kappa shape index (κ1) is 13.1. The van der Waals surface area contributed by atoms with Crippen molar-refractivity contribution in [3.05, 3.63) is 58.9 Å². The summed E-state index contributed by atoms with van der Waals surface area (Å²) in [5.74, 6) is -1.16. The fraction of sp³-hybridized carbons (Fsp3) is 0.200. The van der Waals surface area contributed by atoms with Crippen LogP contribution in [0.1, 0.15) is 38.9 Å². The van der Waals surface area contributed by atoms with Crippen LogP contribution in [0.3, 0.4) is 0 Å². The first-order valence-electron chi connectivity index (χ1n) is 5.97. The molecule has 0 radical (unpaired) electrons. The lowest BCUT2D eigenvalue weighted by molar-refractivity contribution is 0.0685. The molecule has 0 amide bonds. The van der Waals surface area contributed by atoms with Crippen molar-refractivity contribution in [1.82, 2.24) is 4.57 Å². The lowest BCUT2D eigenvalue weighted by atomic mass is 10.1. The van der Waals surface area contributed by atoms with Gasteiger partial charge < -0.3 is 9.67 Å². The van der Waals surface area contributed by atoms with Crippen LogP contribution in [0.25, 0.3) is 0 Å². The average Bonchev–Trinajstić information content (AvgIpc) is 2.73. The Hall–Kier alpha value is -2.36. The molecular formula is C15H15NO3. The SMILES string of the molecule is CC(=O)c1cc(C(=O)O)n(Cc2cccc(C)c2)c1. The summed E-state index contributed by atoms with van der Waals surface area (Å²) in [6, 6.07) is 9.27. The minimum Gasteiger partial charge on any atom is -0.477 e. The Morgan fingerprint density at radius 3 is 2.58 bits per heavy atom. The molecule has 19 heavy (non-hydrogen) atoms. The smallest absolute Gasteiger partial charge is 0.352 e. The van der Waals surface area contributed by atoms with Crippen molar-refractivity contribution >= 4 is 11.8 Å². The highest BCUT2D eigenvalue weighted by Crippen LogP contribution is 2.13. The number of Topliss-reactive ketones (excluding diaryl/α,β-unsaturated/α-hetero) is 1. The van der Waals surface area contributed by atoms with Gasteiger partial charge in [-0.25, -0.2) is 4.79 Å². The predicted molar refractivity (Wildman–Crippen MR) is 71.7 cm³/mol. The molecule has 4 nitrogen and oxygen atoms in total. The lowest BCUT2D eigenvalue weighted by Gasteiger charge is -2.07. The van der Waals surface area contributed by atoms with Crippen molar-refractivity contribution in [2.45, 2.75) is 20.4 Å². The molecule has 1 aromatic carbocycles. The summed E-state index contributed by atoms with van der Waals surface area (Å²) in [5, 5.41) is 9.16. The van der Waals surface area contributed by atoms with Crippen molar-refractivity contribution in [3.63, 3.8) is 0 Å². The van der Waals surface area contributed by atoms with Gasteiger partial charge in [-0.3, -0.25) is 4.79 Å². The maximum absolute atomic E-state index is 11.3. The van der Waals surface area contributed by atoms with E-state index in [1.165, 1.54) is 13.0 Å². The van der Waals surface area contributed by atoms with E-state index >= 15 is 0 Å². The van der Waals surface area contributed by atoms with Gasteiger partial charge in [-0.1, -0.05) is 29.8 Å². The summed E-state index contributed by atoms with van der Waals surface area (Å²) in [4.78, 5) is 22.5. The molecule has 1 N–H and O–H groups in total. The van der Waals surface area contributed by atoms with E-state index in [-0.39, 0.29) is 11.5 Å². The van der Waals surface area contributed by atoms with Gasteiger partial charge in [0.2, 0.25) is 0 Å². The van der Waals surface area contributed by atoms with Gasteiger partial charge in [0, 0.05) is 18.3 Å². The Kier molecular flexibility index (Phi) is 3.51. The zero-order valence-corrected chi connectivity index (χ0v) is 10.9. The molecule has 0 saturated carbocycles. The van der Waals surface area contributed by atoms with Gasteiger partial charge in [0.05, 0.1) is 0 Å². The molecule has 0 atom stereocenters. The van der Waals surface area contributed by atoms with Crippen LogP contribution in [-0.4, -0.2) is 21.4 Å². The molecule has 1 heterocycles. The van der Waals surface area contributed by atoms with Crippen molar-refractivity contribution in [1.29, 1.82) is 0 Å². The van der Waals surface area contributed by atoms with E-state index in [0.29, 0.717) is 12.1 Å². The number of carbonyl (C=O) groups excluding carboxylic acids is 1. The van der Waals surface area contributed by atoms with Crippen LogP contribution in [0.2, 0.25) is 0 Å². The Balaban J connectivity index is 2.38. The molecular weight excluding hydrogens is 242 g/mol. The second-order valence-electron chi connectivity index (χ2n) is 4.59. The van der Waals surface area contributed by atoms with E-state index in [1.807, 2.05) is 31.2 Å². The summed E-state index contributed by atoms with van der Waals surface area (Å²) >= 11 is 0. The third-order valence-electron chi connectivity index (χ3n) is 2.96. The van der Waals surface area contributed by atoms with E-state index in [0.717, 1.165) is 11.1 Å². The van der Waals surface area contributed by atoms with Gasteiger partial charge in [-0.2, -0.15) is 0 Å². The first-order valence-corrected chi connectivity index (χ1v) is 5.97. The van der Waals surface area contributed by atoms with E-state index in [1.54, 1.807) is 10.8 Å². The number of rotatable bonds is 4. The van der Waals surface area contributed by atoms with Crippen LogP contribution in [0.5, 0.6) is 0 Å². The first-order chi connectivity index (χ1) is 8.97. The summed E-state index contributed by atoms with van der Waals surface area (Å²) in [6.45, 7) is 3.85. The maximum Gasteiger partial charge on any atom is 0.352 e. The van der Waals surface area contributed by atoms with E-state index < -0.39 is 5.97 Å². The number of hydrogen-bond donors (Lipinski definition) is 1. The summed E-state index contributed by atoms with van der Waals surface area (Å²) in [5.41, 5.74) is 2.68. The predicted octanol–water partition coefficient (Wildman–Crippen LogP) is 2.75. The molecule has 0 spiro atoms. The molecule has 0 aliphatic carbocycles. The summed E-state index contributed by atoms with van der Waals surface area (Å²) in [7, 11) is 0. The minimum atomic E-state index is -1.03. The maximum atomic E-state index is 11.3. The molecule has 0 bridgehead atoms. The molecule has 2 aromatic rings. The number of carboxylic acids is 1. The van der Waals surface area contributed by atoms with E-state index in [9.17, 15) is 9.59 Å². The number of benzene rings is 1. The largest absolute Gasteiger partial charge is 0.477 e. The zero-order chi connectivity index (χ0) is 14.0. The summed E-state index contributed by atoms with van der Waals surface area (Å²) < 4.78 is 1.59. The number of carboxylic acid groups (broad SMARTS) is 1. The number of aryl methyl sites for hydroxylation is 1. The van der Waals surface area contributed by atoms with Crippen LogP contribution in [0, 0.1) is 6.92 Å². The average molecular weight is 257 g/mol. The van der Waals surface area contributed by atoms with Crippen molar-refractivity contribution in [2.75, 3.05) is 0 Å². The van der Waals surface area contributed by atoms with Crippen LogP contribution in [-0.2, 0) is 6.54 Å². The molecule has 2 rings (SSSR count). The Morgan fingerprint density at radius 1 is 1.26 bits per heavy atom. The topological polar surface area (TPSA) is 59.3 Å². The molecule has 0 unspecified atom stereocenters. The van der Waals surface area contributed by atoms with E-state index in [4.69, 9.17) is 5.11 Å². The fourth-order valence-corrected chi connectivity index (χ4v) is 2.02. The Morgan fingerprint density at radius 2 is 2.00 bits per heavy atom. The number of nitrogens with zero attached hydrogens (tertiary/aromatic N) is 1. The highest BCUT2D eigenvalue weighted by molar-refractivity contribution is 5.97. The van der Waals surface area contributed by atoms with Crippen LogP contribution in [0.15, 0.2) is 36.5 Å². The number of aromatic carboxylic acids is 1. The molecule has 0 aliphatic heterocycles. The van der Waals surface area contributed by atoms with Gasteiger partial charge in [-0.05, 0) is 25.5 Å². The monoisotopic (exact) mass is 257 g/mol. The van der Waals surface area contributed by atoms with Crippen molar-refractivity contribution in [2.24, 2.45) is 0 Å². The molecule has 4 heteroatoms. The number of carbonyl (C=O) groups is 2. The minimum absolute atomic E-state index is 0.131. The second kappa shape index (κ2) is 5.10. The quantitative estimate of drug-likeness (QED) is 0.857. The molecule has 0 aliphatic rings. The molecule has 98 valence electrons. The Bertz CT molecular complexity index is 641. The van der Waals surface area contributed by atoms with Gasteiger partial charge in [0.1, 0.15) is 5.69 Å². The number of ketones is 1. The lowest BCUT2D eigenvalue weighted by Crippen LogP contribution is -2.08. The van der Waals surface area contributed by atoms with Crippen LogP contribution < -0.4 is 0 Å². The second-order valence-corrected chi connectivity index (χ2v) is 4.59. The third kappa shape index (κ3) is 2.91. The fourth-order valence-electron chi connectivity index (χ4n) is 2.02. The van der Waals surface area contributed by atoms with Gasteiger partial charge in [0.25, 0.3) is 0 Å². The van der Waals surface area contributed by atoms with Crippen LogP contribution >= 0.6 is 0 Å². The molecule has 0 fully saturated rings. The molecule has 0 saturated heterocycles. The third-order valence-corrected chi connectivity index (χ3v) is 2.96. The number of aromatic nitrogens is 1. The van der Waals surface area contributed by atoms with Gasteiger partial charge >= 0.3 is 5.97 Å². The normalized spacial score (nSPS) is 10.4. The van der Waals surface area contributed by atoms with Crippen LogP contribution in [0.4, 0.5) is 0 Å². The molecule has 1 aromatic heterocycles. The highest BCUT2D eigenvalue weighted by Gasteiger charge is 2.14. The zero-order valence-electron chi connectivity index (χ0n) is 10.9. The summed E-state index contributed by atoms with van der Waals surface area (Å²) in [6.07, 6.45) is 1.59. The Labute approximate surface area is 111 Å².